The van der Waals surface area contributed by atoms with E-state index < -0.39 is 0 Å². The van der Waals surface area contributed by atoms with Crippen molar-refractivity contribution < 1.29 is 9.84 Å². The Hall–Kier alpha value is -1.11. The number of aromatic nitrogens is 2. The second kappa shape index (κ2) is 4.87. The number of anilines is 1. The van der Waals surface area contributed by atoms with Crippen molar-refractivity contribution in [3.8, 4) is 0 Å². The van der Waals surface area contributed by atoms with Crippen LogP contribution in [0.4, 0.5) is 5.82 Å². The van der Waals surface area contributed by atoms with Gasteiger partial charge < -0.3 is 14.7 Å². The summed E-state index contributed by atoms with van der Waals surface area (Å²) in [5.74, 6) is 0.930. The molecule has 0 saturated carbocycles. The lowest BCUT2D eigenvalue weighted by Gasteiger charge is -2.31. The summed E-state index contributed by atoms with van der Waals surface area (Å²) in [7, 11) is 1.77. The summed E-state index contributed by atoms with van der Waals surface area (Å²) in [5.41, 5.74) is 0.891. The molecule has 1 aliphatic heterocycles. The average Bonchev–Trinajstić information content (AvgIpc) is 2.98. The van der Waals surface area contributed by atoms with Crippen LogP contribution in [0.25, 0.3) is 4.96 Å². The quantitative estimate of drug-likeness (QED) is 0.915. The molecule has 6 heteroatoms. The van der Waals surface area contributed by atoms with Gasteiger partial charge in [0.05, 0.1) is 18.4 Å². The first-order chi connectivity index (χ1) is 8.83. The molecule has 1 fully saturated rings. The molecule has 2 aromatic heterocycles. The Balaban J connectivity index is 1.87. The van der Waals surface area contributed by atoms with E-state index in [-0.39, 0.29) is 6.61 Å². The minimum Gasteiger partial charge on any atom is -0.390 e. The number of imidazole rings is 1. The number of methoxy groups -OCH3 is 1. The van der Waals surface area contributed by atoms with Crippen molar-refractivity contribution in [3.05, 3.63) is 17.3 Å². The van der Waals surface area contributed by atoms with Crippen LogP contribution >= 0.6 is 11.3 Å². The molecule has 0 spiro atoms. The van der Waals surface area contributed by atoms with Gasteiger partial charge in [-0.2, -0.15) is 0 Å². The van der Waals surface area contributed by atoms with Gasteiger partial charge in [0.1, 0.15) is 0 Å². The fourth-order valence-corrected chi connectivity index (χ4v) is 3.25. The third kappa shape index (κ3) is 1.90. The van der Waals surface area contributed by atoms with E-state index in [9.17, 15) is 5.11 Å². The van der Waals surface area contributed by atoms with Crippen molar-refractivity contribution in [3.63, 3.8) is 0 Å². The summed E-state index contributed by atoms with van der Waals surface area (Å²) < 4.78 is 7.35. The topological polar surface area (TPSA) is 50.0 Å². The lowest BCUT2D eigenvalue weighted by molar-refractivity contribution is 0.0817. The van der Waals surface area contributed by atoms with Crippen LogP contribution in [0.2, 0.25) is 0 Å². The van der Waals surface area contributed by atoms with Crippen LogP contribution < -0.4 is 4.90 Å². The highest BCUT2D eigenvalue weighted by Gasteiger charge is 2.23. The molecule has 0 radical (unpaired) electrons. The van der Waals surface area contributed by atoms with Gasteiger partial charge in [-0.05, 0) is 12.8 Å². The van der Waals surface area contributed by atoms with Crippen LogP contribution in [0.15, 0.2) is 11.6 Å². The zero-order valence-corrected chi connectivity index (χ0v) is 11.2. The van der Waals surface area contributed by atoms with E-state index in [2.05, 4.69) is 9.88 Å². The van der Waals surface area contributed by atoms with E-state index >= 15 is 0 Å². The molecule has 3 rings (SSSR count). The molecule has 3 heterocycles. The van der Waals surface area contributed by atoms with Gasteiger partial charge in [-0.1, -0.05) is 0 Å². The van der Waals surface area contributed by atoms with E-state index in [1.165, 1.54) is 0 Å². The number of hydrogen-bond acceptors (Lipinski definition) is 5. The van der Waals surface area contributed by atoms with Crippen LogP contribution in [0.5, 0.6) is 0 Å². The maximum Gasteiger partial charge on any atom is 0.195 e. The molecule has 5 nitrogen and oxygen atoms in total. The molecule has 1 saturated heterocycles. The van der Waals surface area contributed by atoms with Gasteiger partial charge in [-0.15, -0.1) is 11.3 Å². The molecule has 0 unspecified atom stereocenters. The molecule has 1 N–H and O–H groups in total. The van der Waals surface area contributed by atoms with Crippen LogP contribution in [0.3, 0.4) is 0 Å². The molecule has 98 valence electrons. The Morgan fingerprint density at radius 3 is 2.94 bits per heavy atom. The van der Waals surface area contributed by atoms with Crippen LogP contribution in [0.1, 0.15) is 18.5 Å². The summed E-state index contributed by atoms with van der Waals surface area (Å²) in [6, 6.07) is 0. The van der Waals surface area contributed by atoms with E-state index in [0.29, 0.717) is 6.10 Å². The standard InChI is InChI=1S/C12H17N3O2S/c1-17-9-2-4-14(5-3-9)11-10(8-16)15-6-7-18-12(15)13-11/h6-7,9,16H,2-5,8H2,1H3. The highest BCUT2D eigenvalue weighted by Crippen LogP contribution is 2.27. The lowest BCUT2D eigenvalue weighted by Crippen LogP contribution is -2.37. The van der Waals surface area contributed by atoms with Gasteiger partial charge in [0.2, 0.25) is 0 Å². The van der Waals surface area contributed by atoms with Crippen molar-refractivity contribution in [1.82, 2.24) is 9.38 Å². The van der Waals surface area contributed by atoms with E-state index in [4.69, 9.17) is 4.74 Å². The van der Waals surface area contributed by atoms with Gasteiger partial charge in [-0.3, -0.25) is 4.40 Å². The molecule has 0 bridgehead atoms. The van der Waals surface area contributed by atoms with Crippen molar-refractivity contribution in [2.75, 3.05) is 25.1 Å². The molecular weight excluding hydrogens is 250 g/mol. The second-order valence-electron chi connectivity index (χ2n) is 4.52. The fourth-order valence-electron chi connectivity index (χ4n) is 2.52. The number of piperidine rings is 1. The van der Waals surface area contributed by atoms with Crippen molar-refractivity contribution >= 4 is 22.1 Å². The highest BCUT2D eigenvalue weighted by molar-refractivity contribution is 7.15. The second-order valence-corrected chi connectivity index (χ2v) is 5.39. The Labute approximate surface area is 110 Å². The molecule has 0 aliphatic carbocycles. The number of nitrogens with zero attached hydrogens (tertiary/aromatic N) is 3. The van der Waals surface area contributed by atoms with Crippen molar-refractivity contribution in [2.24, 2.45) is 0 Å². The summed E-state index contributed by atoms with van der Waals surface area (Å²) >= 11 is 1.60. The Morgan fingerprint density at radius 1 is 1.50 bits per heavy atom. The van der Waals surface area contributed by atoms with Gasteiger partial charge in [0, 0.05) is 31.8 Å². The smallest absolute Gasteiger partial charge is 0.195 e. The molecule has 0 aromatic carbocycles. The Bertz CT molecular complexity index is 528. The normalized spacial score (nSPS) is 17.8. The number of aliphatic hydroxyl groups excluding tert-OH is 1. The number of fused-ring (bicyclic) bond motifs is 1. The zero-order chi connectivity index (χ0) is 12.5. The van der Waals surface area contributed by atoms with Gasteiger partial charge in [0.25, 0.3) is 0 Å². The van der Waals surface area contributed by atoms with E-state index in [1.54, 1.807) is 18.4 Å². The molecule has 0 atom stereocenters. The monoisotopic (exact) mass is 267 g/mol. The molecule has 1 aliphatic rings. The van der Waals surface area contributed by atoms with Gasteiger partial charge >= 0.3 is 0 Å². The molecule has 0 amide bonds. The van der Waals surface area contributed by atoms with Crippen molar-refractivity contribution in [2.45, 2.75) is 25.6 Å². The number of ether oxygens (including phenoxy) is 1. The summed E-state index contributed by atoms with van der Waals surface area (Å²) in [6.07, 6.45) is 4.37. The highest BCUT2D eigenvalue weighted by atomic mass is 32.1. The fraction of sp³-hybridized carbons (Fsp3) is 0.583. The number of hydrogen-bond donors (Lipinski definition) is 1. The first-order valence-electron chi connectivity index (χ1n) is 6.16. The minimum absolute atomic E-state index is 0.0252. The maximum atomic E-state index is 9.54. The van der Waals surface area contributed by atoms with Crippen LogP contribution in [0, 0.1) is 0 Å². The summed E-state index contributed by atoms with van der Waals surface area (Å²) in [6.45, 7) is 1.91. The largest absolute Gasteiger partial charge is 0.390 e. The maximum absolute atomic E-state index is 9.54. The Kier molecular flexibility index (Phi) is 3.23. The summed E-state index contributed by atoms with van der Waals surface area (Å²) in [5, 5.41) is 11.5. The van der Waals surface area contributed by atoms with Crippen LogP contribution in [-0.2, 0) is 11.3 Å². The predicted molar refractivity (Wildman–Crippen MR) is 71.2 cm³/mol. The first-order valence-corrected chi connectivity index (χ1v) is 7.04. The number of thiazole rings is 1. The zero-order valence-electron chi connectivity index (χ0n) is 10.4. The third-order valence-corrected chi connectivity index (χ3v) is 4.32. The van der Waals surface area contributed by atoms with Gasteiger partial charge in [0.15, 0.2) is 10.8 Å². The first kappa shape index (κ1) is 12.0. The molecule has 2 aromatic rings. The third-order valence-electron chi connectivity index (χ3n) is 3.56. The molecular formula is C12H17N3O2S. The van der Waals surface area contributed by atoms with Gasteiger partial charge in [-0.25, -0.2) is 4.98 Å². The van der Waals surface area contributed by atoms with Crippen molar-refractivity contribution in [1.29, 1.82) is 0 Å². The van der Waals surface area contributed by atoms with Crippen LogP contribution in [-0.4, -0.2) is 40.8 Å². The lowest BCUT2D eigenvalue weighted by atomic mass is 10.1. The average molecular weight is 267 g/mol. The van der Waals surface area contributed by atoms with E-state index in [0.717, 1.165) is 42.4 Å². The van der Waals surface area contributed by atoms with E-state index in [1.807, 2.05) is 16.0 Å². The number of rotatable bonds is 3. The Morgan fingerprint density at radius 2 is 2.28 bits per heavy atom. The number of aliphatic hydroxyl groups is 1. The molecule has 18 heavy (non-hydrogen) atoms. The SMILES string of the molecule is COC1CCN(c2nc3sccn3c2CO)CC1. The predicted octanol–water partition coefficient (Wildman–Crippen LogP) is 1.50. The summed E-state index contributed by atoms with van der Waals surface area (Å²) in [4.78, 5) is 7.82. The minimum atomic E-state index is 0.0252.